The fourth-order valence-electron chi connectivity index (χ4n) is 3.06. The molecule has 0 aromatic heterocycles. The number of piperidine rings is 1. The number of carbonyl (C=O) groups excluding carboxylic acids is 1. The smallest absolute Gasteiger partial charge is 0.220 e. The molecule has 0 unspecified atom stereocenters. The molecule has 3 N–H and O–H groups in total. The summed E-state index contributed by atoms with van der Waals surface area (Å²) in [6.45, 7) is 2.18. The Morgan fingerprint density at radius 2 is 1.84 bits per heavy atom. The Morgan fingerprint density at radius 1 is 1.16 bits per heavy atom. The normalized spacial score (nSPS) is 28.5. The topological polar surface area (TPSA) is 61.4 Å². The molecule has 1 heterocycles. The van der Waals surface area contributed by atoms with E-state index < -0.39 is 0 Å². The third-order valence-corrected chi connectivity index (χ3v) is 4.31. The summed E-state index contributed by atoms with van der Waals surface area (Å²) < 4.78 is 0. The van der Waals surface area contributed by atoms with E-state index in [1.54, 1.807) is 0 Å². The van der Waals surface area contributed by atoms with Crippen LogP contribution in [0.4, 0.5) is 0 Å². The minimum atomic E-state index is -0.332. The van der Waals surface area contributed by atoms with Crippen LogP contribution >= 0.6 is 12.4 Å². The minimum Gasteiger partial charge on any atom is -0.391 e. The van der Waals surface area contributed by atoms with Gasteiger partial charge in [-0.05, 0) is 51.1 Å². The Kier molecular flexibility index (Phi) is 7.73. The summed E-state index contributed by atoms with van der Waals surface area (Å²) in [5.41, 5.74) is 0. The summed E-state index contributed by atoms with van der Waals surface area (Å²) in [5, 5.41) is 16.2. The first kappa shape index (κ1) is 16.7. The van der Waals surface area contributed by atoms with Gasteiger partial charge in [-0.15, -0.1) is 12.4 Å². The first-order valence-corrected chi connectivity index (χ1v) is 7.44. The van der Waals surface area contributed by atoms with Crippen LogP contribution in [-0.2, 0) is 4.79 Å². The predicted molar refractivity (Wildman–Crippen MR) is 78.5 cm³/mol. The molecule has 1 aliphatic carbocycles. The van der Waals surface area contributed by atoms with Crippen LogP contribution in [0.2, 0.25) is 0 Å². The summed E-state index contributed by atoms with van der Waals surface area (Å²) in [7, 11) is 0. The van der Waals surface area contributed by atoms with Gasteiger partial charge in [0, 0.05) is 6.42 Å². The van der Waals surface area contributed by atoms with Crippen LogP contribution < -0.4 is 10.6 Å². The highest BCUT2D eigenvalue weighted by molar-refractivity contribution is 5.85. The fourth-order valence-corrected chi connectivity index (χ4v) is 3.06. The Bertz CT molecular complexity index is 270. The van der Waals surface area contributed by atoms with Crippen LogP contribution in [0.5, 0.6) is 0 Å². The highest BCUT2D eigenvalue weighted by atomic mass is 35.5. The van der Waals surface area contributed by atoms with Crippen molar-refractivity contribution in [2.45, 2.75) is 63.5 Å². The van der Waals surface area contributed by atoms with Crippen molar-refractivity contribution in [2.24, 2.45) is 5.92 Å². The van der Waals surface area contributed by atoms with Crippen molar-refractivity contribution >= 4 is 18.3 Å². The van der Waals surface area contributed by atoms with Gasteiger partial charge in [0.25, 0.3) is 0 Å². The van der Waals surface area contributed by atoms with E-state index in [-0.39, 0.29) is 30.5 Å². The summed E-state index contributed by atoms with van der Waals surface area (Å²) in [5.74, 6) is 0.827. The average Bonchev–Trinajstić information content (AvgIpc) is 2.40. The molecule has 1 aliphatic heterocycles. The Morgan fingerprint density at radius 3 is 2.53 bits per heavy atom. The molecule has 0 aromatic rings. The predicted octanol–water partition coefficient (Wildman–Crippen LogP) is 1.61. The van der Waals surface area contributed by atoms with E-state index in [0.717, 1.165) is 45.2 Å². The van der Waals surface area contributed by atoms with Crippen molar-refractivity contribution in [3.63, 3.8) is 0 Å². The third-order valence-electron chi connectivity index (χ3n) is 4.31. The molecule has 19 heavy (non-hydrogen) atoms. The first-order chi connectivity index (χ1) is 8.75. The molecule has 1 saturated heterocycles. The summed E-state index contributed by atoms with van der Waals surface area (Å²) >= 11 is 0. The number of amides is 1. The molecule has 5 heteroatoms. The number of halogens is 1. The van der Waals surface area contributed by atoms with Gasteiger partial charge >= 0.3 is 0 Å². The molecular formula is C14H27ClN2O2. The van der Waals surface area contributed by atoms with Crippen molar-refractivity contribution in [2.75, 3.05) is 13.1 Å². The van der Waals surface area contributed by atoms with E-state index >= 15 is 0 Å². The molecule has 2 fully saturated rings. The molecule has 0 radical (unpaired) electrons. The standard InChI is InChI=1S/C14H26N2O2.ClH/c17-13-4-2-1-3-12(13)16-14(18)6-5-11-7-9-15-10-8-11;/h11-13,15,17H,1-10H2,(H,16,18);1H/t12-,13-;/m1./s1. The van der Waals surface area contributed by atoms with E-state index in [1.807, 2.05) is 0 Å². The van der Waals surface area contributed by atoms with Crippen LogP contribution in [0, 0.1) is 5.92 Å². The molecule has 0 aromatic carbocycles. The molecule has 0 spiro atoms. The third kappa shape index (κ3) is 5.67. The van der Waals surface area contributed by atoms with E-state index in [4.69, 9.17) is 0 Å². The maximum atomic E-state index is 11.9. The average molecular weight is 291 g/mol. The lowest BCUT2D eigenvalue weighted by Crippen LogP contribution is -2.45. The zero-order valence-electron chi connectivity index (χ0n) is 11.6. The van der Waals surface area contributed by atoms with Gasteiger partial charge in [0.1, 0.15) is 0 Å². The zero-order valence-corrected chi connectivity index (χ0v) is 12.4. The summed E-state index contributed by atoms with van der Waals surface area (Å²) in [6.07, 6.45) is 7.64. The van der Waals surface area contributed by atoms with Gasteiger partial charge < -0.3 is 15.7 Å². The van der Waals surface area contributed by atoms with E-state index in [2.05, 4.69) is 10.6 Å². The van der Waals surface area contributed by atoms with Gasteiger partial charge in [-0.25, -0.2) is 0 Å². The van der Waals surface area contributed by atoms with E-state index in [0.29, 0.717) is 12.3 Å². The lowest BCUT2D eigenvalue weighted by Gasteiger charge is -2.28. The second-order valence-electron chi connectivity index (χ2n) is 5.76. The minimum absolute atomic E-state index is 0. The van der Waals surface area contributed by atoms with Crippen LogP contribution in [0.3, 0.4) is 0 Å². The lowest BCUT2D eigenvalue weighted by molar-refractivity contribution is -0.123. The number of carbonyl (C=O) groups is 1. The molecule has 112 valence electrons. The Labute approximate surface area is 122 Å². The number of rotatable bonds is 4. The fraction of sp³-hybridized carbons (Fsp3) is 0.929. The van der Waals surface area contributed by atoms with Gasteiger partial charge in [0.2, 0.25) is 5.91 Å². The van der Waals surface area contributed by atoms with Gasteiger partial charge in [-0.2, -0.15) is 0 Å². The number of hydrogen-bond acceptors (Lipinski definition) is 3. The van der Waals surface area contributed by atoms with Gasteiger partial charge in [-0.1, -0.05) is 12.8 Å². The van der Waals surface area contributed by atoms with E-state index in [1.165, 1.54) is 12.8 Å². The molecule has 2 aliphatic rings. The van der Waals surface area contributed by atoms with Crippen molar-refractivity contribution in [1.82, 2.24) is 10.6 Å². The van der Waals surface area contributed by atoms with Crippen LogP contribution in [0.1, 0.15) is 51.4 Å². The molecule has 2 atom stereocenters. The van der Waals surface area contributed by atoms with Crippen LogP contribution in [-0.4, -0.2) is 36.2 Å². The van der Waals surface area contributed by atoms with Crippen molar-refractivity contribution in [3.05, 3.63) is 0 Å². The quantitative estimate of drug-likeness (QED) is 0.737. The molecule has 4 nitrogen and oxygen atoms in total. The zero-order chi connectivity index (χ0) is 12.8. The van der Waals surface area contributed by atoms with Gasteiger partial charge in [0.15, 0.2) is 0 Å². The SMILES string of the molecule is Cl.O=C(CCC1CCNCC1)N[C@@H]1CCCC[C@H]1O. The van der Waals surface area contributed by atoms with Gasteiger partial charge in [0.05, 0.1) is 12.1 Å². The van der Waals surface area contributed by atoms with Crippen molar-refractivity contribution in [3.8, 4) is 0 Å². The maximum absolute atomic E-state index is 11.9. The summed E-state index contributed by atoms with van der Waals surface area (Å²) in [6, 6.07) is -0.000674. The van der Waals surface area contributed by atoms with Crippen LogP contribution in [0.25, 0.3) is 0 Å². The number of aliphatic hydroxyl groups is 1. The van der Waals surface area contributed by atoms with Crippen molar-refractivity contribution in [1.29, 1.82) is 0 Å². The lowest BCUT2D eigenvalue weighted by atomic mass is 9.91. The molecule has 1 saturated carbocycles. The van der Waals surface area contributed by atoms with Gasteiger partial charge in [-0.3, -0.25) is 4.79 Å². The molecular weight excluding hydrogens is 264 g/mol. The van der Waals surface area contributed by atoms with Crippen molar-refractivity contribution < 1.29 is 9.90 Å². The number of nitrogens with one attached hydrogen (secondary N) is 2. The van der Waals surface area contributed by atoms with E-state index in [9.17, 15) is 9.90 Å². The molecule has 2 rings (SSSR count). The summed E-state index contributed by atoms with van der Waals surface area (Å²) in [4.78, 5) is 11.9. The number of hydrogen-bond donors (Lipinski definition) is 3. The maximum Gasteiger partial charge on any atom is 0.220 e. The Balaban J connectivity index is 0.00000180. The monoisotopic (exact) mass is 290 g/mol. The highest BCUT2D eigenvalue weighted by Crippen LogP contribution is 2.20. The van der Waals surface area contributed by atoms with Crippen LogP contribution in [0.15, 0.2) is 0 Å². The number of aliphatic hydroxyl groups excluding tert-OH is 1. The highest BCUT2D eigenvalue weighted by Gasteiger charge is 2.24. The molecule has 0 bridgehead atoms. The first-order valence-electron chi connectivity index (χ1n) is 7.44. The molecule has 1 amide bonds. The largest absolute Gasteiger partial charge is 0.391 e. The second-order valence-corrected chi connectivity index (χ2v) is 5.76. The Hall–Kier alpha value is -0.320. The second kappa shape index (κ2) is 8.77.